The zero-order valence-electron chi connectivity index (χ0n) is 9.11. The van der Waals surface area contributed by atoms with E-state index in [4.69, 9.17) is 10.5 Å². The third kappa shape index (κ3) is 4.16. The maximum Gasteiger partial charge on any atom is 0.250 e. The fourth-order valence-corrected chi connectivity index (χ4v) is 1.24. The lowest BCUT2D eigenvalue weighted by molar-refractivity contribution is 0.123. The van der Waals surface area contributed by atoms with Crippen LogP contribution in [0.1, 0.15) is 19.8 Å². The van der Waals surface area contributed by atoms with Crippen molar-refractivity contribution in [1.82, 2.24) is 4.57 Å². The van der Waals surface area contributed by atoms with Crippen molar-refractivity contribution < 1.29 is 4.74 Å². The molecule has 1 aromatic rings. The van der Waals surface area contributed by atoms with E-state index in [1.54, 1.807) is 16.8 Å². The number of pyridine rings is 1. The molecule has 0 spiro atoms. The van der Waals surface area contributed by atoms with Crippen LogP contribution in [0.3, 0.4) is 0 Å². The van der Waals surface area contributed by atoms with Gasteiger partial charge in [0.15, 0.2) is 0 Å². The lowest BCUT2D eigenvalue weighted by Gasteiger charge is -2.06. The molecule has 0 aliphatic rings. The van der Waals surface area contributed by atoms with Crippen LogP contribution in [0.25, 0.3) is 0 Å². The van der Waals surface area contributed by atoms with Crippen LogP contribution in [0.15, 0.2) is 23.1 Å². The first-order valence-electron chi connectivity index (χ1n) is 5.27. The number of nitrogens with two attached hydrogens (primary N) is 1. The van der Waals surface area contributed by atoms with E-state index in [0.29, 0.717) is 18.8 Å². The molecule has 0 saturated carbocycles. The molecule has 1 aromatic heterocycles. The van der Waals surface area contributed by atoms with E-state index in [9.17, 15) is 4.79 Å². The molecule has 0 fully saturated rings. The Morgan fingerprint density at radius 3 is 2.93 bits per heavy atom. The van der Waals surface area contributed by atoms with Crippen molar-refractivity contribution in [1.29, 1.82) is 0 Å². The maximum atomic E-state index is 11.3. The molecule has 0 aliphatic heterocycles. The van der Waals surface area contributed by atoms with E-state index < -0.39 is 0 Å². The Bertz CT molecular complexity index is 347. The minimum absolute atomic E-state index is 0.0386. The number of aromatic nitrogens is 1. The van der Waals surface area contributed by atoms with Gasteiger partial charge in [-0.2, -0.15) is 0 Å². The first-order chi connectivity index (χ1) is 7.24. The first kappa shape index (κ1) is 11.8. The largest absolute Gasteiger partial charge is 0.398 e. The highest BCUT2D eigenvalue weighted by Crippen LogP contribution is 1.96. The highest BCUT2D eigenvalue weighted by molar-refractivity contribution is 5.33. The van der Waals surface area contributed by atoms with Crippen LogP contribution in [0.2, 0.25) is 0 Å². The van der Waals surface area contributed by atoms with Crippen molar-refractivity contribution in [2.45, 2.75) is 26.3 Å². The van der Waals surface area contributed by atoms with Crippen LogP contribution in [0, 0.1) is 0 Å². The molecule has 1 rings (SSSR count). The molecule has 0 aromatic carbocycles. The van der Waals surface area contributed by atoms with Gasteiger partial charge in [-0.1, -0.05) is 13.3 Å². The number of unbranched alkanes of at least 4 members (excludes halogenated alkanes) is 1. The van der Waals surface area contributed by atoms with E-state index >= 15 is 0 Å². The van der Waals surface area contributed by atoms with Gasteiger partial charge in [0.2, 0.25) is 0 Å². The number of rotatable bonds is 6. The minimum Gasteiger partial charge on any atom is -0.398 e. The third-order valence-corrected chi connectivity index (χ3v) is 2.13. The molecule has 1 heterocycles. The number of nitrogens with zero attached hydrogens (tertiary/aromatic N) is 1. The number of hydrogen-bond acceptors (Lipinski definition) is 3. The van der Waals surface area contributed by atoms with Gasteiger partial charge in [-0.3, -0.25) is 4.79 Å². The van der Waals surface area contributed by atoms with Crippen LogP contribution < -0.4 is 11.3 Å². The summed E-state index contributed by atoms with van der Waals surface area (Å²) in [6, 6.07) is 3.08. The monoisotopic (exact) mass is 210 g/mol. The van der Waals surface area contributed by atoms with Gasteiger partial charge in [0, 0.05) is 31.1 Å². The van der Waals surface area contributed by atoms with Crippen molar-refractivity contribution in [3.8, 4) is 0 Å². The predicted molar refractivity (Wildman–Crippen MR) is 60.8 cm³/mol. The Labute approximate surface area is 89.7 Å². The average molecular weight is 210 g/mol. The minimum atomic E-state index is -0.0386. The molecule has 4 heteroatoms. The van der Waals surface area contributed by atoms with Gasteiger partial charge in [0.1, 0.15) is 0 Å². The lowest BCUT2D eigenvalue weighted by atomic mass is 10.4. The molecule has 0 atom stereocenters. The number of anilines is 1. The summed E-state index contributed by atoms with van der Waals surface area (Å²) in [6.45, 7) is 4.00. The van der Waals surface area contributed by atoms with Crippen LogP contribution in [0.4, 0.5) is 5.69 Å². The van der Waals surface area contributed by atoms with Crippen LogP contribution in [0.5, 0.6) is 0 Å². The molecule has 0 unspecified atom stereocenters. The highest BCUT2D eigenvalue weighted by atomic mass is 16.5. The van der Waals surface area contributed by atoms with Crippen LogP contribution >= 0.6 is 0 Å². The Morgan fingerprint density at radius 2 is 2.20 bits per heavy atom. The molecule has 0 aliphatic carbocycles. The molecule has 84 valence electrons. The van der Waals surface area contributed by atoms with Gasteiger partial charge in [0.05, 0.1) is 6.61 Å². The summed E-state index contributed by atoms with van der Waals surface area (Å²) >= 11 is 0. The van der Waals surface area contributed by atoms with Crippen molar-refractivity contribution in [2.75, 3.05) is 18.9 Å². The lowest BCUT2D eigenvalue weighted by Crippen LogP contribution is -2.21. The number of nitrogen functional groups attached to an aromatic ring is 1. The predicted octanol–water partition coefficient (Wildman–Crippen LogP) is 1.25. The fraction of sp³-hybridized carbons (Fsp3) is 0.545. The van der Waals surface area contributed by atoms with Crippen LogP contribution in [-0.2, 0) is 11.3 Å². The molecule has 2 N–H and O–H groups in total. The second-order valence-electron chi connectivity index (χ2n) is 3.46. The molecule has 0 saturated heterocycles. The average Bonchev–Trinajstić information content (AvgIpc) is 2.23. The molecule has 0 radical (unpaired) electrons. The summed E-state index contributed by atoms with van der Waals surface area (Å²) in [7, 11) is 0. The third-order valence-electron chi connectivity index (χ3n) is 2.13. The number of hydrogen-bond donors (Lipinski definition) is 1. The van der Waals surface area contributed by atoms with E-state index in [1.165, 1.54) is 6.07 Å². The standard InChI is InChI=1S/C11H18N2O2/c1-2-3-7-15-8-6-13-9-10(12)4-5-11(13)14/h4-5,9H,2-3,6-8,12H2,1H3. The summed E-state index contributed by atoms with van der Waals surface area (Å²) in [5.74, 6) is 0. The van der Waals surface area contributed by atoms with E-state index in [2.05, 4.69) is 6.92 Å². The summed E-state index contributed by atoms with van der Waals surface area (Å²) < 4.78 is 6.94. The van der Waals surface area contributed by atoms with Gasteiger partial charge < -0.3 is 15.0 Å². The molecule has 4 nitrogen and oxygen atoms in total. The van der Waals surface area contributed by atoms with E-state index in [0.717, 1.165) is 19.4 Å². The van der Waals surface area contributed by atoms with Crippen LogP contribution in [-0.4, -0.2) is 17.8 Å². The van der Waals surface area contributed by atoms with E-state index in [1.807, 2.05) is 0 Å². The smallest absolute Gasteiger partial charge is 0.250 e. The second-order valence-corrected chi connectivity index (χ2v) is 3.46. The highest BCUT2D eigenvalue weighted by Gasteiger charge is 1.96. The van der Waals surface area contributed by atoms with Gasteiger partial charge in [-0.25, -0.2) is 0 Å². The van der Waals surface area contributed by atoms with Gasteiger partial charge in [-0.05, 0) is 12.5 Å². The second kappa shape index (κ2) is 6.24. The first-order valence-corrected chi connectivity index (χ1v) is 5.27. The van der Waals surface area contributed by atoms with Crippen molar-refractivity contribution in [2.24, 2.45) is 0 Å². The molecular weight excluding hydrogens is 192 g/mol. The summed E-state index contributed by atoms with van der Waals surface area (Å²) in [4.78, 5) is 11.3. The van der Waals surface area contributed by atoms with Crippen molar-refractivity contribution >= 4 is 5.69 Å². The van der Waals surface area contributed by atoms with E-state index in [-0.39, 0.29) is 5.56 Å². The quantitative estimate of drug-likeness (QED) is 0.719. The fourth-order valence-electron chi connectivity index (χ4n) is 1.24. The zero-order valence-corrected chi connectivity index (χ0v) is 9.11. The van der Waals surface area contributed by atoms with Crippen molar-refractivity contribution in [3.63, 3.8) is 0 Å². The zero-order chi connectivity index (χ0) is 11.1. The number of ether oxygens (including phenoxy) is 1. The topological polar surface area (TPSA) is 57.2 Å². The Hall–Kier alpha value is -1.29. The van der Waals surface area contributed by atoms with Gasteiger partial charge in [-0.15, -0.1) is 0 Å². The Balaban J connectivity index is 2.37. The Kier molecular flexibility index (Phi) is 4.90. The Morgan fingerprint density at radius 1 is 1.40 bits per heavy atom. The normalized spacial score (nSPS) is 10.5. The summed E-state index contributed by atoms with van der Waals surface area (Å²) in [6.07, 6.45) is 3.83. The molecule has 0 bridgehead atoms. The summed E-state index contributed by atoms with van der Waals surface area (Å²) in [5.41, 5.74) is 6.14. The maximum absolute atomic E-state index is 11.3. The summed E-state index contributed by atoms with van der Waals surface area (Å²) in [5, 5.41) is 0. The van der Waals surface area contributed by atoms with Crippen molar-refractivity contribution in [3.05, 3.63) is 28.7 Å². The van der Waals surface area contributed by atoms with Gasteiger partial charge >= 0.3 is 0 Å². The SMILES string of the molecule is CCCCOCCn1cc(N)ccc1=O. The molecule has 15 heavy (non-hydrogen) atoms. The molecular formula is C11H18N2O2. The molecule has 0 amide bonds. The van der Waals surface area contributed by atoms with Gasteiger partial charge in [0.25, 0.3) is 5.56 Å².